The predicted octanol–water partition coefficient (Wildman–Crippen LogP) is 4.77. The summed E-state index contributed by atoms with van der Waals surface area (Å²) < 4.78 is 40.0. The summed E-state index contributed by atoms with van der Waals surface area (Å²) in [5.41, 5.74) is 4.84. The number of likely N-dealkylation sites (tertiary alicyclic amines) is 1. The van der Waals surface area contributed by atoms with Gasteiger partial charge in [-0.05, 0) is 38.3 Å². The van der Waals surface area contributed by atoms with Crippen molar-refractivity contribution in [3.05, 3.63) is 71.3 Å². The average molecular weight is 594 g/mol. The molecule has 228 valence electrons. The Bertz CT molecular complexity index is 1710. The van der Waals surface area contributed by atoms with Crippen molar-refractivity contribution in [1.29, 1.82) is 0 Å². The lowest BCUT2D eigenvalue weighted by Crippen LogP contribution is -2.43. The third-order valence-electron chi connectivity index (χ3n) is 7.76. The number of aromatic nitrogens is 5. The Labute approximate surface area is 248 Å². The molecule has 12 heteroatoms. The normalized spacial score (nSPS) is 15.3. The standard InChI is InChI=1S/C31H37F2N7O3/c1-5-21(8-7-20(2)39-12-9-24(10-13-39)34-18-26(32)33)27-29-28(40(31(41)37-27)11-6-14-42-4)25-15-22(16-35-30(25)43-29)23-17-36-38(3)19-23/h5,7-8,15-17,19,24,26,34H,1,6,9-14,18H2,2-4H3/b20-7+,21-8+. The van der Waals surface area contributed by atoms with E-state index in [1.165, 1.54) is 0 Å². The fourth-order valence-corrected chi connectivity index (χ4v) is 5.45. The highest BCUT2D eigenvalue weighted by molar-refractivity contribution is 6.06. The number of ether oxygens (including phenoxy) is 1. The number of fused-ring (bicyclic) bond motifs is 3. The van der Waals surface area contributed by atoms with Gasteiger partial charge < -0.3 is 19.4 Å². The smallest absolute Gasteiger partial charge is 0.348 e. The second-order valence-corrected chi connectivity index (χ2v) is 10.7. The molecule has 0 bridgehead atoms. The minimum Gasteiger partial charge on any atom is -0.434 e. The number of halogens is 2. The number of nitrogens with one attached hydrogen (secondary N) is 1. The monoisotopic (exact) mass is 593 g/mol. The van der Waals surface area contributed by atoms with Crippen LogP contribution in [-0.4, -0.2) is 75.0 Å². The van der Waals surface area contributed by atoms with E-state index in [9.17, 15) is 13.6 Å². The number of methoxy groups -OCH3 is 1. The summed E-state index contributed by atoms with van der Waals surface area (Å²) in [7, 11) is 3.48. The number of alkyl halides is 2. The molecule has 0 aliphatic carbocycles. The summed E-state index contributed by atoms with van der Waals surface area (Å²) >= 11 is 0. The molecule has 0 aromatic carbocycles. The predicted molar refractivity (Wildman–Crippen MR) is 163 cm³/mol. The summed E-state index contributed by atoms with van der Waals surface area (Å²) in [5.74, 6) is 0. The summed E-state index contributed by atoms with van der Waals surface area (Å²) in [5, 5.41) is 7.91. The van der Waals surface area contributed by atoms with Gasteiger partial charge in [-0.2, -0.15) is 10.1 Å². The third-order valence-corrected chi connectivity index (χ3v) is 7.76. The van der Waals surface area contributed by atoms with Crippen LogP contribution in [0.3, 0.4) is 0 Å². The number of pyridine rings is 1. The maximum atomic E-state index is 13.5. The van der Waals surface area contributed by atoms with Crippen molar-refractivity contribution in [2.45, 2.75) is 45.2 Å². The number of aryl methyl sites for hydroxylation is 2. The second kappa shape index (κ2) is 13.4. The Morgan fingerprint density at radius 1 is 1.26 bits per heavy atom. The molecule has 5 rings (SSSR count). The molecule has 0 radical (unpaired) electrons. The Morgan fingerprint density at radius 2 is 2.05 bits per heavy atom. The van der Waals surface area contributed by atoms with Gasteiger partial charge in [-0.1, -0.05) is 18.7 Å². The van der Waals surface area contributed by atoms with Crippen molar-refractivity contribution in [3.63, 3.8) is 0 Å². The Morgan fingerprint density at radius 3 is 2.72 bits per heavy atom. The van der Waals surface area contributed by atoms with Gasteiger partial charge in [-0.15, -0.1) is 0 Å². The molecule has 1 fully saturated rings. The van der Waals surface area contributed by atoms with E-state index < -0.39 is 12.1 Å². The van der Waals surface area contributed by atoms with Gasteiger partial charge in [0.2, 0.25) is 5.71 Å². The van der Waals surface area contributed by atoms with Crippen molar-refractivity contribution < 1.29 is 17.9 Å². The molecular weight excluding hydrogens is 556 g/mol. The van der Waals surface area contributed by atoms with Crippen molar-refractivity contribution in [1.82, 2.24) is 34.5 Å². The van der Waals surface area contributed by atoms with Gasteiger partial charge in [0.1, 0.15) is 11.2 Å². The van der Waals surface area contributed by atoms with Crippen LogP contribution < -0.4 is 11.0 Å². The van der Waals surface area contributed by atoms with Gasteiger partial charge in [0.05, 0.1) is 18.1 Å². The first kappa shape index (κ1) is 30.3. The highest BCUT2D eigenvalue weighted by Crippen LogP contribution is 2.34. The Balaban J connectivity index is 1.52. The van der Waals surface area contributed by atoms with Gasteiger partial charge in [0.25, 0.3) is 6.43 Å². The van der Waals surface area contributed by atoms with Crippen molar-refractivity contribution >= 4 is 27.8 Å². The van der Waals surface area contributed by atoms with Crippen molar-refractivity contribution in [2.24, 2.45) is 7.05 Å². The molecule has 10 nitrogen and oxygen atoms in total. The number of hydrogen-bond acceptors (Lipinski definition) is 8. The van der Waals surface area contributed by atoms with Crippen LogP contribution in [0.4, 0.5) is 8.78 Å². The quantitative estimate of drug-likeness (QED) is 0.185. The van der Waals surface area contributed by atoms with Gasteiger partial charge in [0, 0.05) is 81.2 Å². The molecule has 0 amide bonds. The molecule has 43 heavy (non-hydrogen) atoms. The van der Waals surface area contributed by atoms with Crippen LogP contribution in [-0.2, 0) is 18.3 Å². The topological polar surface area (TPSA) is 103 Å². The van der Waals surface area contributed by atoms with E-state index in [4.69, 9.17) is 9.15 Å². The maximum absolute atomic E-state index is 13.5. The van der Waals surface area contributed by atoms with Crippen LogP contribution >= 0.6 is 0 Å². The lowest BCUT2D eigenvalue weighted by Gasteiger charge is -2.34. The fourth-order valence-electron chi connectivity index (χ4n) is 5.45. The first-order valence-electron chi connectivity index (χ1n) is 14.4. The van der Waals surface area contributed by atoms with Crippen LogP contribution in [0, 0.1) is 0 Å². The number of hydrogen-bond donors (Lipinski definition) is 1. The summed E-state index contributed by atoms with van der Waals surface area (Å²) in [6.07, 6.45) is 10.7. The second-order valence-electron chi connectivity index (χ2n) is 10.7. The van der Waals surface area contributed by atoms with E-state index in [-0.39, 0.29) is 12.6 Å². The minimum absolute atomic E-state index is 0.0885. The fraction of sp³-hybridized carbons (Fsp3) is 0.419. The maximum Gasteiger partial charge on any atom is 0.348 e. The zero-order valence-electron chi connectivity index (χ0n) is 24.7. The van der Waals surface area contributed by atoms with E-state index in [1.54, 1.807) is 34.8 Å². The van der Waals surface area contributed by atoms with E-state index >= 15 is 0 Å². The van der Waals surface area contributed by atoms with Crippen LogP contribution in [0.25, 0.3) is 38.9 Å². The van der Waals surface area contributed by atoms with Crippen LogP contribution in [0.2, 0.25) is 0 Å². The molecule has 0 unspecified atom stereocenters. The summed E-state index contributed by atoms with van der Waals surface area (Å²) in [6.45, 7) is 8.13. The number of piperidine rings is 1. The number of allylic oxidation sites excluding steroid dienone is 5. The van der Waals surface area contributed by atoms with Crippen molar-refractivity contribution in [2.75, 3.05) is 33.4 Å². The van der Waals surface area contributed by atoms with Crippen LogP contribution in [0.1, 0.15) is 31.9 Å². The number of furan rings is 1. The van der Waals surface area contributed by atoms with E-state index in [0.29, 0.717) is 53.0 Å². The third kappa shape index (κ3) is 6.75. The SMILES string of the molecule is C=C/C(=C\C=C(/C)N1CCC(NCC(F)F)CC1)c1nc(=O)n(CCCOC)c2c1oc1ncc(-c3cnn(C)c3)cc12. The highest BCUT2D eigenvalue weighted by atomic mass is 19.3. The van der Waals surface area contributed by atoms with Gasteiger partial charge in [-0.25, -0.2) is 18.6 Å². The molecule has 1 aliphatic heterocycles. The molecule has 4 aromatic heterocycles. The molecule has 0 spiro atoms. The number of rotatable bonds is 12. The van der Waals surface area contributed by atoms with Gasteiger partial charge in [-0.3, -0.25) is 9.25 Å². The highest BCUT2D eigenvalue weighted by Gasteiger charge is 2.22. The Kier molecular flexibility index (Phi) is 9.46. The molecule has 0 atom stereocenters. The van der Waals surface area contributed by atoms with Gasteiger partial charge >= 0.3 is 5.69 Å². The summed E-state index contributed by atoms with van der Waals surface area (Å²) in [6, 6.07) is 2.05. The first-order chi connectivity index (χ1) is 20.8. The molecule has 1 N–H and O–H groups in total. The lowest BCUT2D eigenvalue weighted by molar-refractivity contribution is 0.133. The van der Waals surface area contributed by atoms with Crippen LogP contribution in [0.5, 0.6) is 0 Å². The van der Waals surface area contributed by atoms with E-state index in [1.807, 2.05) is 38.4 Å². The lowest BCUT2D eigenvalue weighted by atomic mass is 10.0. The Hall–Kier alpha value is -4.16. The first-order valence-corrected chi connectivity index (χ1v) is 14.4. The molecule has 5 heterocycles. The molecule has 4 aromatic rings. The number of nitrogens with zero attached hydrogens (tertiary/aromatic N) is 6. The van der Waals surface area contributed by atoms with E-state index in [0.717, 1.165) is 42.8 Å². The molecule has 1 saturated heterocycles. The largest absolute Gasteiger partial charge is 0.434 e. The van der Waals surface area contributed by atoms with Crippen LogP contribution in [0.15, 0.2) is 64.4 Å². The molecule has 1 aliphatic rings. The summed E-state index contributed by atoms with van der Waals surface area (Å²) in [4.78, 5) is 24.7. The average Bonchev–Trinajstić information content (AvgIpc) is 3.61. The van der Waals surface area contributed by atoms with Crippen molar-refractivity contribution in [3.8, 4) is 11.1 Å². The zero-order chi connectivity index (χ0) is 30.5. The van der Waals surface area contributed by atoms with Gasteiger partial charge in [0.15, 0.2) is 5.58 Å². The molecular formula is C31H37F2N7O3. The minimum atomic E-state index is -2.35. The van der Waals surface area contributed by atoms with E-state index in [2.05, 4.69) is 31.9 Å². The zero-order valence-corrected chi connectivity index (χ0v) is 24.7. The molecule has 0 saturated carbocycles.